The molecule has 9 heteroatoms. The predicted octanol–water partition coefficient (Wildman–Crippen LogP) is 6.87. The van der Waals surface area contributed by atoms with Crippen molar-refractivity contribution in [3.05, 3.63) is 130 Å². The van der Waals surface area contributed by atoms with Gasteiger partial charge in [-0.05, 0) is 73.2 Å². The van der Waals surface area contributed by atoms with Gasteiger partial charge in [0.15, 0.2) is 0 Å². The highest BCUT2D eigenvalue weighted by atomic mass is 35.5. The molecule has 0 fully saturated rings. The molecule has 0 aliphatic heterocycles. The van der Waals surface area contributed by atoms with E-state index in [4.69, 9.17) is 11.6 Å². The van der Waals surface area contributed by atoms with Crippen molar-refractivity contribution in [1.29, 1.82) is 0 Å². The molecular formula is C37H42ClN3O4S. The van der Waals surface area contributed by atoms with Gasteiger partial charge in [0.2, 0.25) is 11.8 Å². The number of sulfonamides is 1. The topological polar surface area (TPSA) is 86.8 Å². The molecule has 0 heterocycles. The molecule has 7 nitrogen and oxygen atoms in total. The van der Waals surface area contributed by atoms with Crippen molar-refractivity contribution in [2.24, 2.45) is 5.92 Å². The summed E-state index contributed by atoms with van der Waals surface area (Å²) in [4.78, 5) is 30.1. The fourth-order valence-corrected chi connectivity index (χ4v) is 6.81. The summed E-state index contributed by atoms with van der Waals surface area (Å²) in [5.41, 5.74) is 4.41. The summed E-state index contributed by atoms with van der Waals surface area (Å²) in [7, 11) is -4.22. The van der Waals surface area contributed by atoms with Gasteiger partial charge in [0.05, 0.1) is 10.6 Å². The fourth-order valence-electron chi connectivity index (χ4n) is 5.16. The van der Waals surface area contributed by atoms with Crippen molar-refractivity contribution < 1.29 is 18.0 Å². The Labute approximate surface area is 278 Å². The van der Waals surface area contributed by atoms with Crippen LogP contribution in [-0.4, -0.2) is 44.3 Å². The first kappa shape index (κ1) is 34.7. The largest absolute Gasteiger partial charge is 0.354 e. The number of carbonyl (C=O) groups excluding carboxylic acids is 2. The van der Waals surface area contributed by atoms with Crippen LogP contribution >= 0.6 is 11.6 Å². The zero-order valence-corrected chi connectivity index (χ0v) is 28.6. The number of rotatable bonds is 13. The Morgan fingerprint density at radius 1 is 0.826 bits per heavy atom. The minimum Gasteiger partial charge on any atom is -0.354 e. The van der Waals surface area contributed by atoms with Crippen molar-refractivity contribution in [2.75, 3.05) is 17.4 Å². The number of hydrogen-bond acceptors (Lipinski definition) is 4. The zero-order valence-electron chi connectivity index (χ0n) is 27.0. The lowest BCUT2D eigenvalue weighted by Crippen LogP contribution is -2.54. The van der Waals surface area contributed by atoms with E-state index in [1.165, 1.54) is 17.0 Å². The van der Waals surface area contributed by atoms with Crippen molar-refractivity contribution in [3.63, 3.8) is 0 Å². The molecule has 1 unspecified atom stereocenters. The van der Waals surface area contributed by atoms with Crippen LogP contribution in [0.25, 0.3) is 0 Å². The third-order valence-corrected chi connectivity index (χ3v) is 10.1. The Morgan fingerprint density at radius 2 is 1.48 bits per heavy atom. The first-order valence-corrected chi connectivity index (χ1v) is 17.2. The maximum Gasteiger partial charge on any atom is 0.264 e. The minimum atomic E-state index is -4.22. The summed E-state index contributed by atoms with van der Waals surface area (Å²) >= 11 is 6.47. The molecule has 0 aliphatic carbocycles. The molecule has 1 N–H and O–H groups in total. The van der Waals surface area contributed by atoms with E-state index in [9.17, 15) is 18.0 Å². The van der Waals surface area contributed by atoms with E-state index in [1.807, 2.05) is 82.3 Å². The summed E-state index contributed by atoms with van der Waals surface area (Å²) in [5, 5.41) is 3.39. The maximum absolute atomic E-state index is 14.7. The number of hydrogen-bond donors (Lipinski definition) is 1. The van der Waals surface area contributed by atoms with Crippen molar-refractivity contribution in [3.8, 4) is 0 Å². The lowest BCUT2D eigenvalue weighted by Gasteiger charge is -2.34. The Hall–Kier alpha value is -4.14. The van der Waals surface area contributed by atoms with Crippen LogP contribution in [0.2, 0.25) is 5.02 Å². The molecule has 1 atom stereocenters. The van der Waals surface area contributed by atoms with Gasteiger partial charge in [-0.15, -0.1) is 0 Å². The molecule has 0 aliphatic rings. The summed E-state index contributed by atoms with van der Waals surface area (Å²) in [6.45, 7) is 9.57. The second kappa shape index (κ2) is 15.4. The number of carbonyl (C=O) groups is 2. The van der Waals surface area contributed by atoms with Gasteiger partial charge in [-0.1, -0.05) is 104 Å². The molecule has 242 valence electrons. The lowest BCUT2D eigenvalue weighted by molar-refractivity contribution is -0.140. The molecule has 4 rings (SSSR count). The highest BCUT2D eigenvalue weighted by Crippen LogP contribution is 2.31. The molecule has 4 aromatic carbocycles. The van der Waals surface area contributed by atoms with Gasteiger partial charge >= 0.3 is 0 Å². The molecular weight excluding hydrogens is 618 g/mol. The Kier molecular flexibility index (Phi) is 11.7. The van der Waals surface area contributed by atoms with E-state index in [-0.39, 0.29) is 29.7 Å². The summed E-state index contributed by atoms with van der Waals surface area (Å²) in [6.07, 6.45) is 0.253. The molecule has 0 radical (unpaired) electrons. The van der Waals surface area contributed by atoms with Crippen LogP contribution < -0.4 is 9.62 Å². The Balaban J connectivity index is 1.84. The number of benzene rings is 4. The quantitative estimate of drug-likeness (QED) is 0.170. The second-order valence-electron chi connectivity index (χ2n) is 12.0. The van der Waals surface area contributed by atoms with Gasteiger partial charge < -0.3 is 10.2 Å². The maximum atomic E-state index is 14.7. The summed E-state index contributed by atoms with van der Waals surface area (Å²) < 4.78 is 29.7. The van der Waals surface area contributed by atoms with Gasteiger partial charge in [0.25, 0.3) is 10.0 Å². The smallest absolute Gasteiger partial charge is 0.264 e. The first-order chi connectivity index (χ1) is 21.9. The van der Waals surface area contributed by atoms with Crippen LogP contribution in [0, 0.1) is 26.7 Å². The number of nitrogens with one attached hydrogen (secondary N) is 1. The highest BCUT2D eigenvalue weighted by Gasteiger charge is 2.35. The fraction of sp³-hybridized carbons (Fsp3) is 0.297. The summed E-state index contributed by atoms with van der Waals surface area (Å²) in [5.74, 6) is -0.617. The average molecular weight is 660 g/mol. The van der Waals surface area contributed by atoms with Gasteiger partial charge in [0.1, 0.15) is 12.6 Å². The Bertz CT molecular complexity index is 1760. The van der Waals surface area contributed by atoms with Crippen molar-refractivity contribution in [1.82, 2.24) is 10.2 Å². The van der Waals surface area contributed by atoms with Crippen molar-refractivity contribution in [2.45, 2.75) is 58.5 Å². The van der Waals surface area contributed by atoms with Crippen LogP contribution in [0.4, 0.5) is 5.69 Å². The van der Waals surface area contributed by atoms with Crippen LogP contribution in [-0.2, 0) is 32.6 Å². The molecule has 0 spiro atoms. The SMILES string of the molecule is Cc1ccc(S(=O)(=O)N(CC(=O)N(Cc2ccccc2C)C(Cc2ccccc2)C(=O)NCC(C)C)c2cccc(Cl)c2C)cc1. The van der Waals surface area contributed by atoms with Gasteiger partial charge in [-0.3, -0.25) is 13.9 Å². The number of aryl methyl sites for hydroxylation is 2. The van der Waals surface area contributed by atoms with E-state index in [0.29, 0.717) is 22.8 Å². The Morgan fingerprint density at radius 3 is 2.13 bits per heavy atom. The number of halogens is 1. The normalized spacial score (nSPS) is 12.1. The monoisotopic (exact) mass is 659 g/mol. The molecule has 4 aromatic rings. The van der Waals surface area contributed by atoms with Crippen LogP contribution in [0.5, 0.6) is 0 Å². The van der Waals surface area contributed by atoms with E-state index in [1.54, 1.807) is 37.3 Å². The van der Waals surface area contributed by atoms with E-state index >= 15 is 0 Å². The van der Waals surface area contributed by atoms with E-state index < -0.39 is 28.5 Å². The third kappa shape index (κ3) is 8.56. The number of anilines is 1. The van der Waals surface area contributed by atoms with Crippen LogP contribution in [0.1, 0.15) is 41.7 Å². The second-order valence-corrected chi connectivity index (χ2v) is 14.3. The van der Waals surface area contributed by atoms with E-state index in [2.05, 4.69) is 5.32 Å². The minimum absolute atomic E-state index is 0.0474. The molecule has 0 saturated carbocycles. The molecule has 46 heavy (non-hydrogen) atoms. The zero-order chi connectivity index (χ0) is 33.4. The standard InChI is InChI=1S/C37H42ClN3O4S/c1-26(2)23-39-37(43)35(22-30-13-7-6-8-14-30)40(24-31-15-10-9-12-28(31)4)36(42)25-41(34-17-11-16-33(38)29(34)5)46(44,45)32-20-18-27(3)19-21-32/h6-21,26,35H,22-25H2,1-5H3,(H,39,43). The molecule has 2 amide bonds. The van der Waals surface area contributed by atoms with Gasteiger partial charge in [0, 0.05) is 24.5 Å². The van der Waals surface area contributed by atoms with Gasteiger partial charge in [-0.2, -0.15) is 0 Å². The first-order valence-electron chi connectivity index (χ1n) is 15.4. The van der Waals surface area contributed by atoms with Crippen LogP contribution in [0.15, 0.2) is 102 Å². The van der Waals surface area contributed by atoms with Gasteiger partial charge in [-0.25, -0.2) is 8.42 Å². The predicted molar refractivity (Wildman–Crippen MR) is 185 cm³/mol. The average Bonchev–Trinajstić information content (AvgIpc) is 3.03. The summed E-state index contributed by atoms with van der Waals surface area (Å²) in [6, 6.07) is 27.8. The molecule has 0 bridgehead atoms. The molecule has 0 aromatic heterocycles. The van der Waals surface area contributed by atoms with E-state index in [0.717, 1.165) is 26.6 Å². The third-order valence-electron chi connectivity index (χ3n) is 7.95. The molecule has 0 saturated heterocycles. The number of amides is 2. The van der Waals surface area contributed by atoms with Crippen LogP contribution in [0.3, 0.4) is 0 Å². The lowest BCUT2D eigenvalue weighted by atomic mass is 10.0. The van der Waals surface area contributed by atoms with Crippen molar-refractivity contribution >= 4 is 39.1 Å². The number of nitrogens with zero attached hydrogens (tertiary/aromatic N) is 2. The highest BCUT2D eigenvalue weighted by molar-refractivity contribution is 7.92.